The molecule has 2 N–H and O–H groups in total. The number of hydrogen-bond donors (Lipinski definition) is 1. The Morgan fingerprint density at radius 2 is 2.25 bits per heavy atom. The Kier molecular flexibility index (Phi) is 5.35. The number of benzene rings is 1. The third-order valence-electron chi connectivity index (χ3n) is 2.24. The standard InChI is InChI=1S/C12H16FNOS/c1-2-3-6-15-8-9-4-5-10(13)7-11(9)12(14)16/h4-5,7H,2-3,6,8H2,1H3,(H2,14,16). The summed E-state index contributed by atoms with van der Waals surface area (Å²) >= 11 is 4.87. The van der Waals surface area contributed by atoms with Crippen LogP contribution in [0.3, 0.4) is 0 Å². The molecule has 0 aliphatic carbocycles. The zero-order valence-corrected chi connectivity index (χ0v) is 10.1. The SMILES string of the molecule is CCCCOCc1ccc(F)cc1C(N)=S. The first-order valence-corrected chi connectivity index (χ1v) is 5.72. The van der Waals surface area contributed by atoms with Gasteiger partial charge in [-0.3, -0.25) is 0 Å². The van der Waals surface area contributed by atoms with Gasteiger partial charge >= 0.3 is 0 Å². The van der Waals surface area contributed by atoms with Gasteiger partial charge in [0.1, 0.15) is 10.8 Å². The molecule has 0 bridgehead atoms. The molecule has 0 unspecified atom stereocenters. The zero-order chi connectivity index (χ0) is 12.0. The second kappa shape index (κ2) is 6.55. The highest BCUT2D eigenvalue weighted by Gasteiger charge is 2.06. The van der Waals surface area contributed by atoms with Crippen LogP contribution < -0.4 is 5.73 Å². The summed E-state index contributed by atoms with van der Waals surface area (Å²) in [4.78, 5) is 0.202. The number of thiocarbonyl (C=S) groups is 1. The normalized spacial score (nSPS) is 10.4. The van der Waals surface area contributed by atoms with Crippen LogP contribution in [-0.4, -0.2) is 11.6 Å². The van der Waals surface area contributed by atoms with Crippen molar-refractivity contribution in [3.8, 4) is 0 Å². The van der Waals surface area contributed by atoms with E-state index >= 15 is 0 Å². The molecule has 0 aromatic heterocycles. The summed E-state index contributed by atoms with van der Waals surface area (Å²) in [5.41, 5.74) is 6.92. The minimum Gasteiger partial charge on any atom is -0.389 e. The van der Waals surface area contributed by atoms with Crippen LogP contribution in [0.5, 0.6) is 0 Å². The van der Waals surface area contributed by atoms with Crippen molar-refractivity contribution in [1.29, 1.82) is 0 Å². The summed E-state index contributed by atoms with van der Waals surface area (Å²) in [7, 11) is 0. The maximum Gasteiger partial charge on any atom is 0.123 e. The van der Waals surface area contributed by atoms with Crippen molar-refractivity contribution < 1.29 is 9.13 Å². The Balaban J connectivity index is 2.67. The van der Waals surface area contributed by atoms with Crippen molar-refractivity contribution in [2.24, 2.45) is 5.73 Å². The predicted molar refractivity (Wildman–Crippen MR) is 66.9 cm³/mol. The fraction of sp³-hybridized carbons (Fsp3) is 0.417. The summed E-state index contributed by atoms with van der Waals surface area (Å²) in [5, 5.41) is 0. The molecule has 16 heavy (non-hydrogen) atoms. The minimum atomic E-state index is -0.333. The molecule has 0 fully saturated rings. The van der Waals surface area contributed by atoms with Crippen molar-refractivity contribution in [3.63, 3.8) is 0 Å². The van der Waals surface area contributed by atoms with Crippen LogP contribution in [0.25, 0.3) is 0 Å². The summed E-state index contributed by atoms with van der Waals surface area (Å²) < 4.78 is 18.4. The molecule has 2 nitrogen and oxygen atoms in total. The number of ether oxygens (including phenoxy) is 1. The number of nitrogens with two attached hydrogens (primary N) is 1. The van der Waals surface area contributed by atoms with Gasteiger partial charge in [-0.05, 0) is 24.1 Å². The number of rotatable bonds is 6. The van der Waals surface area contributed by atoms with Crippen LogP contribution in [0.4, 0.5) is 4.39 Å². The van der Waals surface area contributed by atoms with E-state index < -0.39 is 0 Å². The van der Waals surface area contributed by atoms with Crippen LogP contribution in [0, 0.1) is 5.82 Å². The van der Waals surface area contributed by atoms with E-state index in [9.17, 15) is 4.39 Å². The van der Waals surface area contributed by atoms with Crippen molar-refractivity contribution in [3.05, 3.63) is 35.1 Å². The molecule has 1 rings (SSSR count). The highest BCUT2D eigenvalue weighted by Crippen LogP contribution is 2.13. The molecule has 0 spiro atoms. The first-order chi connectivity index (χ1) is 7.65. The molecule has 88 valence electrons. The van der Waals surface area contributed by atoms with Gasteiger partial charge in [-0.25, -0.2) is 4.39 Å². The van der Waals surface area contributed by atoms with Gasteiger partial charge in [-0.15, -0.1) is 0 Å². The van der Waals surface area contributed by atoms with Crippen molar-refractivity contribution >= 4 is 17.2 Å². The summed E-state index contributed by atoms with van der Waals surface area (Å²) in [6.45, 7) is 3.22. The van der Waals surface area contributed by atoms with E-state index in [1.807, 2.05) is 0 Å². The highest BCUT2D eigenvalue weighted by atomic mass is 32.1. The maximum atomic E-state index is 13.0. The van der Waals surface area contributed by atoms with E-state index in [1.165, 1.54) is 12.1 Å². The zero-order valence-electron chi connectivity index (χ0n) is 9.33. The summed E-state index contributed by atoms with van der Waals surface area (Å²) in [6, 6.07) is 4.40. The lowest BCUT2D eigenvalue weighted by atomic mass is 10.1. The second-order valence-electron chi connectivity index (χ2n) is 3.57. The third-order valence-corrected chi connectivity index (χ3v) is 2.46. The highest BCUT2D eigenvalue weighted by molar-refractivity contribution is 7.80. The van der Waals surface area contributed by atoms with E-state index in [0.29, 0.717) is 18.8 Å². The third kappa shape index (κ3) is 3.87. The monoisotopic (exact) mass is 241 g/mol. The Morgan fingerprint density at radius 1 is 1.50 bits per heavy atom. The predicted octanol–water partition coefficient (Wildman–Crippen LogP) is 2.78. The Morgan fingerprint density at radius 3 is 2.88 bits per heavy atom. The molecule has 0 heterocycles. The topological polar surface area (TPSA) is 35.2 Å². The van der Waals surface area contributed by atoms with E-state index in [-0.39, 0.29) is 10.8 Å². The molecule has 0 saturated carbocycles. The average Bonchev–Trinajstić information content (AvgIpc) is 2.26. The van der Waals surface area contributed by atoms with Crippen molar-refractivity contribution in [1.82, 2.24) is 0 Å². The van der Waals surface area contributed by atoms with Gasteiger partial charge in [0, 0.05) is 12.2 Å². The van der Waals surface area contributed by atoms with Crippen LogP contribution >= 0.6 is 12.2 Å². The van der Waals surface area contributed by atoms with Gasteiger partial charge in [0.05, 0.1) is 6.61 Å². The summed E-state index contributed by atoms with van der Waals surface area (Å²) in [5.74, 6) is -0.333. The van der Waals surface area contributed by atoms with Crippen LogP contribution in [0.1, 0.15) is 30.9 Å². The molecule has 0 aliphatic rings. The maximum absolute atomic E-state index is 13.0. The van der Waals surface area contributed by atoms with Crippen molar-refractivity contribution in [2.45, 2.75) is 26.4 Å². The Hall–Kier alpha value is -1.00. The van der Waals surface area contributed by atoms with Crippen LogP contribution in [0.2, 0.25) is 0 Å². The first-order valence-electron chi connectivity index (χ1n) is 5.31. The van der Waals surface area contributed by atoms with Gasteiger partial charge in [0.2, 0.25) is 0 Å². The van der Waals surface area contributed by atoms with E-state index in [1.54, 1.807) is 6.07 Å². The molecule has 0 aliphatic heterocycles. The molecule has 0 amide bonds. The molecule has 1 aromatic rings. The van der Waals surface area contributed by atoms with Gasteiger partial charge in [0.15, 0.2) is 0 Å². The van der Waals surface area contributed by atoms with E-state index in [2.05, 4.69) is 6.92 Å². The molecule has 4 heteroatoms. The van der Waals surface area contributed by atoms with E-state index in [4.69, 9.17) is 22.7 Å². The molecular weight excluding hydrogens is 225 g/mol. The molecule has 0 radical (unpaired) electrons. The lowest BCUT2D eigenvalue weighted by Crippen LogP contribution is -2.13. The van der Waals surface area contributed by atoms with Gasteiger partial charge in [-0.1, -0.05) is 31.6 Å². The minimum absolute atomic E-state index is 0.202. The fourth-order valence-corrected chi connectivity index (χ4v) is 1.52. The number of halogens is 1. The molecule has 0 atom stereocenters. The van der Waals surface area contributed by atoms with Gasteiger partial charge in [0.25, 0.3) is 0 Å². The Bertz CT molecular complexity index is 368. The number of hydrogen-bond acceptors (Lipinski definition) is 2. The van der Waals surface area contributed by atoms with Crippen molar-refractivity contribution in [2.75, 3.05) is 6.61 Å². The smallest absolute Gasteiger partial charge is 0.123 e. The average molecular weight is 241 g/mol. The van der Waals surface area contributed by atoms with Gasteiger partial charge in [-0.2, -0.15) is 0 Å². The van der Waals surface area contributed by atoms with Crippen LogP contribution in [0.15, 0.2) is 18.2 Å². The Labute approximate surface area is 101 Å². The molecular formula is C12H16FNOS. The van der Waals surface area contributed by atoms with Crippen LogP contribution in [-0.2, 0) is 11.3 Å². The fourth-order valence-electron chi connectivity index (χ4n) is 1.33. The lowest BCUT2D eigenvalue weighted by molar-refractivity contribution is 0.118. The van der Waals surface area contributed by atoms with Gasteiger partial charge < -0.3 is 10.5 Å². The molecule has 0 saturated heterocycles. The second-order valence-corrected chi connectivity index (χ2v) is 4.01. The first kappa shape index (κ1) is 13.1. The quantitative estimate of drug-likeness (QED) is 0.614. The number of unbranched alkanes of at least 4 members (excludes halogenated alkanes) is 1. The largest absolute Gasteiger partial charge is 0.389 e. The van der Waals surface area contributed by atoms with E-state index in [0.717, 1.165) is 18.4 Å². The summed E-state index contributed by atoms with van der Waals surface area (Å²) in [6.07, 6.45) is 2.11. The molecule has 1 aromatic carbocycles. The lowest BCUT2D eigenvalue weighted by Gasteiger charge is -2.09.